The van der Waals surface area contributed by atoms with E-state index in [0.717, 1.165) is 25.1 Å². The zero-order valence-corrected chi connectivity index (χ0v) is 12.2. The molecular formula is C16H23N3. The van der Waals surface area contributed by atoms with Crippen molar-refractivity contribution in [2.24, 2.45) is 5.92 Å². The van der Waals surface area contributed by atoms with Crippen LogP contribution in [0.4, 0.5) is 5.82 Å². The van der Waals surface area contributed by atoms with E-state index in [1.54, 1.807) is 0 Å². The smallest absolute Gasteiger partial charge is 0.144 e. The van der Waals surface area contributed by atoms with Gasteiger partial charge in [0.15, 0.2) is 0 Å². The van der Waals surface area contributed by atoms with Gasteiger partial charge in [0.25, 0.3) is 0 Å². The molecule has 0 aromatic carbocycles. The molecule has 1 aromatic rings. The van der Waals surface area contributed by atoms with Crippen molar-refractivity contribution in [2.45, 2.75) is 58.9 Å². The lowest BCUT2D eigenvalue weighted by Gasteiger charge is -2.17. The van der Waals surface area contributed by atoms with E-state index in [-0.39, 0.29) is 0 Å². The van der Waals surface area contributed by atoms with E-state index in [1.807, 2.05) is 6.07 Å². The molecule has 102 valence electrons. The molecule has 3 heteroatoms. The predicted molar refractivity (Wildman–Crippen MR) is 78.1 cm³/mol. The van der Waals surface area contributed by atoms with Gasteiger partial charge < -0.3 is 5.32 Å². The van der Waals surface area contributed by atoms with Gasteiger partial charge in [0.2, 0.25) is 0 Å². The third-order valence-electron chi connectivity index (χ3n) is 3.73. The van der Waals surface area contributed by atoms with E-state index in [0.29, 0.717) is 17.5 Å². The summed E-state index contributed by atoms with van der Waals surface area (Å²) in [5.41, 5.74) is 3.13. The third kappa shape index (κ3) is 3.47. The van der Waals surface area contributed by atoms with Crippen LogP contribution in [0.25, 0.3) is 0 Å². The van der Waals surface area contributed by atoms with Crippen molar-refractivity contribution in [1.82, 2.24) is 4.98 Å². The largest absolute Gasteiger partial charge is 0.367 e. The van der Waals surface area contributed by atoms with Gasteiger partial charge >= 0.3 is 0 Å². The molecule has 1 unspecified atom stereocenters. The minimum absolute atomic E-state index is 0.362. The average Bonchev–Trinajstić information content (AvgIpc) is 2.82. The van der Waals surface area contributed by atoms with Crippen LogP contribution in [0.15, 0.2) is 6.07 Å². The van der Waals surface area contributed by atoms with Crippen LogP contribution in [0, 0.1) is 17.2 Å². The van der Waals surface area contributed by atoms with Crippen LogP contribution >= 0.6 is 0 Å². The summed E-state index contributed by atoms with van der Waals surface area (Å²) in [6.07, 6.45) is 5.60. The highest BCUT2D eigenvalue weighted by molar-refractivity contribution is 5.55. The number of anilines is 1. The number of hydrogen-bond acceptors (Lipinski definition) is 3. The van der Waals surface area contributed by atoms with E-state index in [4.69, 9.17) is 0 Å². The van der Waals surface area contributed by atoms with Crippen molar-refractivity contribution in [1.29, 1.82) is 5.26 Å². The van der Waals surface area contributed by atoms with Gasteiger partial charge in [-0.3, -0.25) is 0 Å². The van der Waals surface area contributed by atoms with Gasteiger partial charge in [-0.25, -0.2) is 4.98 Å². The van der Waals surface area contributed by atoms with Crippen LogP contribution in [-0.2, 0) is 12.8 Å². The molecule has 1 atom stereocenters. The van der Waals surface area contributed by atoms with Crippen molar-refractivity contribution in [3.63, 3.8) is 0 Å². The number of nitrogens with one attached hydrogen (secondary N) is 1. The summed E-state index contributed by atoms with van der Waals surface area (Å²) in [5.74, 6) is 1.49. The monoisotopic (exact) mass is 257 g/mol. The van der Waals surface area contributed by atoms with Crippen molar-refractivity contribution in [3.8, 4) is 6.07 Å². The first-order valence-electron chi connectivity index (χ1n) is 7.29. The summed E-state index contributed by atoms with van der Waals surface area (Å²) in [6, 6.07) is 4.65. The molecule has 0 saturated heterocycles. The van der Waals surface area contributed by atoms with Crippen molar-refractivity contribution < 1.29 is 0 Å². The van der Waals surface area contributed by atoms with Gasteiger partial charge in [0, 0.05) is 11.7 Å². The van der Waals surface area contributed by atoms with Crippen LogP contribution in [0.2, 0.25) is 0 Å². The molecule has 1 heterocycles. The Bertz CT molecular complexity index is 486. The summed E-state index contributed by atoms with van der Waals surface area (Å²) in [6.45, 7) is 6.64. The second-order valence-electron chi connectivity index (χ2n) is 5.97. The van der Waals surface area contributed by atoms with Gasteiger partial charge in [0.05, 0.1) is 5.56 Å². The predicted octanol–water partition coefficient (Wildman–Crippen LogP) is 3.68. The zero-order valence-electron chi connectivity index (χ0n) is 12.2. The molecular weight excluding hydrogens is 234 g/mol. The van der Waals surface area contributed by atoms with Gasteiger partial charge in [-0.15, -0.1) is 0 Å². The molecule has 1 aliphatic rings. The number of rotatable bonds is 5. The molecule has 0 amide bonds. The second kappa shape index (κ2) is 6.06. The molecule has 3 nitrogen and oxygen atoms in total. The van der Waals surface area contributed by atoms with Crippen LogP contribution in [0.3, 0.4) is 0 Å². The standard InChI is InChI=1S/C16H23N3/c1-11(2)7-8-12(3)18-16-14(10-17)9-13-5-4-6-15(13)19-16/h9,11-12H,4-8H2,1-3H3,(H,18,19). The third-order valence-corrected chi connectivity index (χ3v) is 3.73. The Morgan fingerprint density at radius 3 is 2.79 bits per heavy atom. The van der Waals surface area contributed by atoms with E-state index in [2.05, 4.69) is 37.1 Å². The SMILES string of the molecule is CC(C)CCC(C)Nc1nc2c(cc1C#N)CCC2. The van der Waals surface area contributed by atoms with E-state index in [9.17, 15) is 5.26 Å². The molecule has 19 heavy (non-hydrogen) atoms. The quantitative estimate of drug-likeness (QED) is 0.875. The summed E-state index contributed by atoms with van der Waals surface area (Å²) < 4.78 is 0. The van der Waals surface area contributed by atoms with Crippen LogP contribution < -0.4 is 5.32 Å². The Hall–Kier alpha value is -1.56. The summed E-state index contributed by atoms with van der Waals surface area (Å²) in [4.78, 5) is 4.66. The van der Waals surface area contributed by atoms with Gasteiger partial charge in [-0.1, -0.05) is 13.8 Å². The van der Waals surface area contributed by atoms with Crippen LogP contribution in [-0.4, -0.2) is 11.0 Å². The number of hydrogen-bond donors (Lipinski definition) is 1. The summed E-state index contributed by atoms with van der Waals surface area (Å²) in [7, 11) is 0. The highest BCUT2D eigenvalue weighted by Gasteiger charge is 2.17. The van der Waals surface area contributed by atoms with Crippen LogP contribution in [0.1, 0.15) is 56.9 Å². The normalized spacial score (nSPS) is 15.1. The number of aromatic nitrogens is 1. The second-order valence-corrected chi connectivity index (χ2v) is 5.97. The molecule has 0 radical (unpaired) electrons. The fourth-order valence-corrected chi connectivity index (χ4v) is 2.56. The van der Waals surface area contributed by atoms with Crippen molar-refractivity contribution >= 4 is 5.82 Å². The van der Waals surface area contributed by atoms with E-state index >= 15 is 0 Å². The molecule has 0 bridgehead atoms. The van der Waals surface area contributed by atoms with E-state index < -0.39 is 0 Å². The van der Waals surface area contributed by atoms with Crippen molar-refractivity contribution in [3.05, 3.63) is 22.9 Å². The maximum Gasteiger partial charge on any atom is 0.144 e. The lowest BCUT2D eigenvalue weighted by Crippen LogP contribution is -2.18. The first kappa shape index (κ1) is 13.9. The average molecular weight is 257 g/mol. The van der Waals surface area contributed by atoms with E-state index in [1.165, 1.54) is 24.1 Å². The fourth-order valence-electron chi connectivity index (χ4n) is 2.56. The lowest BCUT2D eigenvalue weighted by molar-refractivity contribution is 0.527. The Morgan fingerprint density at radius 1 is 1.32 bits per heavy atom. The van der Waals surface area contributed by atoms with Gasteiger partial charge in [-0.2, -0.15) is 5.26 Å². The molecule has 1 N–H and O–H groups in total. The highest BCUT2D eigenvalue weighted by atomic mass is 15.0. The van der Waals surface area contributed by atoms with Crippen LogP contribution in [0.5, 0.6) is 0 Å². The number of aryl methyl sites for hydroxylation is 2. The molecule has 0 fully saturated rings. The number of fused-ring (bicyclic) bond motifs is 1. The number of nitriles is 1. The van der Waals surface area contributed by atoms with Gasteiger partial charge in [-0.05, 0) is 56.6 Å². The Labute approximate surface area is 116 Å². The first-order valence-corrected chi connectivity index (χ1v) is 7.29. The number of pyridine rings is 1. The Kier molecular flexibility index (Phi) is 4.42. The first-order chi connectivity index (χ1) is 9.10. The molecule has 1 aromatic heterocycles. The molecule has 0 saturated carbocycles. The lowest BCUT2D eigenvalue weighted by atomic mass is 10.0. The zero-order chi connectivity index (χ0) is 13.8. The molecule has 0 spiro atoms. The molecule has 0 aliphatic heterocycles. The molecule has 1 aliphatic carbocycles. The maximum atomic E-state index is 9.25. The minimum Gasteiger partial charge on any atom is -0.367 e. The maximum absolute atomic E-state index is 9.25. The summed E-state index contributed by atoms with van der Waals surface area (Å²) in [5, 5.41) is 12.7. The molecule has 2 rings (SSSR count). The Morgan fingerprint density at radius 2 is 2.11 bits per heavy atom. The van der Waals surface area contributed by atoms with Gasteiger partial charge in [0.1, 0.15) is 11.9 Å². The Balaban J connectivity index is 2.09. The topological polar surface area (TPSA) is 48.7 Å². The minimum atomic E-state index is 0.362. The fraction of sp³-hybridized carbons (Fsp3) is 0.625. The highest BCUT2D eigenvalue weighted by Crippen LogP contribution is 2.25. The summed E-state index contributed by atoms with van der Waals surface area (Å²) >= 11 is 0. The van der Waals surface area contributed by atoms with Crippen molar-refractivity contribution in [2.75, 3.05) is 5.32 Å². The number of nitrogens with zero attached hydrogens (tertiary/aromatic N) is 2.